The van der Waals surface area contributed by atoms with Gasteiger partial charge in [-0.25, -0.2) is 0 Å². The quantitative estimate of drug-likeness (QED) is 0.152. The summed E-state index contributed by atoms with van der Waals surface area (Å²) in [4.78, 5) is 27.4. The summed E-state index contributed by atoms with van der Waals surface area (Å²) in [5.74, 6) is 2.32. The van der Waals surface area contributed by atoms with E-state index in [-0.39, 0.29) is 35.7 Å². The Bertz CT molecular complexity index is 1230. The molecule has 0 spiro atoms. The number of allylic oxidation sites excluding steroid dienone is 1. The highest BCUT2D eigenvalue weighted by molar-refractivity contribution is 5.73. The summed E-state index contributed by atoms with van der Waals surface area (Å²) >= 11 is 0. The highest BCUT2D eigenvalue weighted by Gasteiger charge is 2.71. The molecule has 0 aromatic heterocycles. The molecule has 0 aromatic carbocycles. The van der Waals surface area contributed by atoms with Crippen molar-refractivity contribution in [3.63, 3.8) is 0 Å². The molecule has 5 nitrogen and oxygen atoms in total. The number of hydrogen-bond acceptors (Lipinski definition) is 4. The molecule has 5 aliphatic carbocycles. The number of carboxylic acids is 1. The number of hydrogen-bond donors (Lipinski definition) is 1. The van der Waals surface area contributed by atoms with Crippen molar-refractivity contribution in [3.8, 4) is 0 Å². The number of carboxylic acid groups (broad SMARTS) is 1. The van der Waals surface area contributed by atoms with Crippen LogP contribution < -0.4 is 0 Å². The van der Waals surface area contributed by atoms with Crippen LogP contribution in [0.5, 0.6) is 0 Å². The molecule has 0 bridgehead atoms. The maximum Gasteiger partial charge on any atom is 0.306 e. The summed E-state index contributed by atoms with van der Waals surface area (Å²) in [6, 6.07) is 0. The Hall–Kier alpha value is -1.36. The standard InChI is InChI=1S/C44H75NO4.C2H6/c1-12-25-45(26-13-2)27-24-44-21-16-31(30(3)4)38(44)32-14-15-34-41(9)19-18-35(49-37(48)29-39(5,6)28-36(46)47)40(7,8)33(41)17-20-43(34,11)42(32,10)22-23-44;1-2/h31-35,38H,3,12-29H2,1-2,4-11H3,(H,46,47);1-2H3/t31-,32+,33?,34?,35?,38?,41-,42+,43+,44+;/m0./s1. The Morgan fingerprint density at radius 3 is 2.04 bits per heavy atom. The van der Waals surface area contributed by atoms with E-state index in [0.717, 1.165) is 24.7 Å². The molecule has 0 aromatic rings. The highest BCUT2D eigenvalue weighted by Crippen LogP contribution is 2.78. The predicted molar refractivity (Wildman–Crippen MR) is 212 cm³/mol. The van der Waals surface area contributed by atoms with Crippen LogP contribution in [0.25, 0.3) is 0 Å². The first-order valence-electron chi connectivity index (χ1n) is 21.6. The molecule has 5 heteroatoms. The lowest BCUT2D eigenvalue weighted by atomic mass is 9.32. The van der Waals surface area contributed by atoms with Gasteiger partial charge >= 0.3 is 11.9 Å². The van der Waals surface area contributed by atoms with Crippen LogP contribution in [0.3, 0.4) is 0 Å². The maximum absolute atomic E-state index is 13.2. The molecule has 0 amide bonds. The SMILES string of the molecule is C=C(C)[C@@H]1CC[C@]2(CCN(CCC)CCC)CC[C@]3(C)[C@H](CCC4[C@@]5(C)CCC(OC(=O)CC(C)(C)CC(=O)O)C(C)(C)C5CC[C@]43C)C12.CC. The van der Waals surface area contributed by atoms with E-state index in [4.69, 9.17) is 4.74 Å². The van der Waals surface area contributed by atoms with E-state index in [9.17, 15) is 14.7 Å². The predicted octanol–water partition coefficient (Wildman–Crippen LogP) is 12.0. The van der Waals surface area contributed by atoms with Gasteiger partial charge in [0.15, 0.2) is 0 Å². The molecule has 5 aliphatic rings. The Kier molecular flexibility index (Phi) is 13.1. The minimum atomic E-state index is -0.863. The van der Waals surface area contributed by atoms with Gasteiger partial charge in [-0.3, -0.25) is 9.59 Å². The molecule has 0 aliphatic heterocycles. The zero-order valence-corrected chi connectivity index (χ0v) is 35.5. The second kappa shape index (κ2) is 15.8. The number of carbonyl (C=O) groups excluding carboxylic acids is 1. The summed E-state index contributed by atoms with van der Waals surface area (Å²) in [5, 5.41) is 9.35. The molecule has 10 atom stereocenters. The lowest BCUT2D eigenvalue weighted by Gasteiger charge is -2.73. The topological polar surface area (TPSA) is 66.8 Å². The van der Waals surface area contributed by atoms with Crippen LogP contribution in [0.15, 0.2) is 12.2 Å². The summed E-state index contributed by atoms with van der Waals surface area (Å²) < 4.78 is 6.30. The summed E-state index contributed by atoms with van der Waals surface area (Å²) in [7, 11) is 0. The first kappa shape index (κ1) is 42.4. The zero-order valence-electron chi connectivity index (χ0n) is 35.5. The van der Waals surface area contributed by atoms with Crippen LogP contribution in [0, 0.1) is 62.1 Å². The van der Waals surface area contributed by atoms with E-state index in [0.29, 0.717) is 34.0 Å². The summed E-state index contributed by atoms with van der Waals surface area (Å²) in [6.45, 7) is 36.0. The van der Waals surface area contributed by atoms with E-state index in [1.807, 2.05) is 27.7 Å². The smallest absolute Gasteiger partial charge is 0.306 e. The van der Waals surface area contributed by atoms with E-state index in [2.05, 4.69) is 66.9 Å². The fourth-order valence-electron chi connectivity index (χ4n) is 14.3. The van der Waals surface area contributed by atoms with E-state index < -0.39 is 11.4 Å². The van der Waals surface area contributed by atoms with Gasteiger partial charge in [0.05, 0.1) is 12.8 Å². The fourth-order valence-corrected chi connectivity index (χ4v) is 14.3. The van der Waals surface area contributed by atoms with Crippen LogP contribution in [-0.4, -0.2) is 47.7 Å². The zero-order chi connectivity index (χ0) is 38.2. The molecule has 294 valence electrons. The summed E-state index contributed by atoms with van der Waals surface area (Å²) in [5.41, 5.74) is 2.08. The molecular formula is C46H81NO4. The molecule has 5 saturated carbocycles. The third-order valence-electron chi connectivity index (χ3n) is 16.7. The minimum absolute atomic E-state index is 0.0257. The number of rotatable bonds is 13. The van der Waals surface area contributed by atoms with Gasteiger partial charge in [0.25, 0.3) is 0 Å². The second-order valence-electron chi connectivity index (χ2n) is 20.4. The van der Waals surface area contributed by atoms with Gasteiger partial charge in [-0.2, -0.15) is 0 Å². The molecule has 0 saturated heterocycles. The number of aliphatic carboxylic acids is 1. The monoisotopic (exact) mass is 712 g/mol. The molecule has 0 radical (unpaired) electrons. The van der Waals surface area contributed by atoms with Gasteiger partial charge < -0.3 is 14.7 Å². The van der Waals surface area contributed by atoms with E-state index >= 15 is 0 Å². The minimum Gasteiger partial charge on any atom is -0.481 e. The average molecular weight is 712 g/mol. The molecule has 0 heterocycles. The number of esters is 1. The Labute approximate surface area is 314 Å². The third-order valence-corrected chi connectivity index (χ3v) is 16.7. The number of fused-ring (bicyclic) bond motifs is 7. The highest BCUT2D eigenvalue weighted by atomic mass is 16.5. The lowest BCUT2D eigenvalue weighted by molar-refractivity contribution is -0.250. The largest absolute Gasteiger partial charge is 0.481 e. The average Bonchev–Trinajstić information content (AvgIpc) is 3.42. The van der Waals surface area contributed by atoms with Crippen molar-refractivity contribution in [1.82, 2.24) is 4.90 Å². The first-order valence-corrected chi connectivity index (χ1v) is 21.6. The van der Waals surface area contributed by atoms with Gasteiger partial charge in [0, 0.05) is 5.41 Å². The molecule has 5 fully saturated rings. The number of carbonyl (C=O) groups is 2. The second-order valence-corrected chi connectivity index (χ2v) is 20.4. The van der Waals surface area contributed by atoms with Crippen molar-refractivity contribution in [2.45, 2.75) is 186 Å². The first-order chi connectivity index (χ1) is 23.8. The van der Waals surface area contributed by atoms with Crippen LogP contribution >= 0.6 is 0 Å². The Balaban J connectivity index is 0.00000286. The Morgan fingerprint density at radius 1 is 0.804 bits per heavy atom. The lowest BCUT2D eigenvalue weighted by Crippen LogP contribution is -2.66. The number of ether oxygens (including phenoxy) is 1. The van der Waals surface area contributed by atoms with Crippen molar-refractivity contribution in [3.05, 3.63) is 12.2 Å². The van der Waals surface area contributed by atoms with Crippen molar-refractivity contribution in [2.24, 2.45) is 62.1 Å². The van der Waals surface area contributed by atoms with Crippen molar-refractivity contribution in [2.75, 3.05) is 19.6 Å². The van der Waals surface area contributed by atoms with Crippen molar-refractivity contribution in [1.29, 1.82) is 0 Å². The Morgan fingerprint density at radius 2 is 1.45 bits per heavy atom. The van der Waals surface area contributed by atoms with Gasteiger partial charge in [0.1, 0.15) is 6.10 Å². The fraction of sp³-hybridized carbons (Fsp3) is 0.913. The van der Waals surface area contributed by atoms with Crippen molar-refractivity contribution < 1.29 is 19.4 Å². The third kappa shape index (κ3) is 7.65. The van der Waals surface area contributed by atoms with E-state index in [1.165, 1.54) is 95.8 Å². The molecule has 4 unspecified atom stereocenters. The van der Waals surface area contributed by atoms with Gasteiger partial charge in [-0.15, -0.1) is 0 Å². The van der Waals surface area contributed by atoms with Crippen LogP contribution in [-0.2, 0) is 14.3 Å². The van der Waals surface area contributed by atoms with Gasteiger partial charge in [-0.05, 0) is 167 Å². The van der Waals surface area contributed by atoms with Crippen LogP contribution in [0.1, 0.15) is 179 Å². The number of nitrogens with zero attached hydrogens (tertiary/aromatic N) is 1. The van der Waals surface area contributed by atoms with Gasteiger partial charge in [0.2, 0.25) is 0 Å². The van der Waals surface area contributed by atoms with Crippen LogP contribution in [0.2, 0.25) is 0 Å². The molecule has 51 heavy (non-hydrogen) atoms. The molecular weight excluding hydrogens is 631 g/mol. The molecule has 1 N–H and O–H groups in total. The summed E-state index contributed by atoms with van der Waals surface area (Å²) in [6.07, 6.45) is 16.6. The maximum atomic E-state index is 13.2. The van der Waals surface area contributed by atoms with Gasteiger partial charge in [-0.1, -0.05) is 88.3 Å². The van der Waals surface area contributed by atoms with Crippen molar-refractivity contribution >= 4 is 11.9 Å². The van der Waals surface area contributed by atoms with E-state index in [1.54, 1.807) is 0 Å². The normalized spacial score (nSPS) is 39.8. The van der Waals surface area contributed by atoms with Crippen LogP contribution in [0.4, 0.5) is 0 Å². The molecule has 5 rings (SSSR count).